The number of methoxy groups -OCH3 is 1. The van der Waals surface area contributed by atoms with Crippen LogP contribution in [0.1, 0.15) is 46.1 Å². The van der Waals surface area contributed by atoms with E-state index in [4.69, 9.17) is 4.74 Å². The molecule has 0 atom stereocenters. The molecule has 2 heterocycles. The van der Waals surface area contributed by atoms with Crippen LogP contribution in [0.15, 0.2) is 29.1 Å². The van der Waals surface area contributed by atoms with Gasteiger partial charge in [0.25, 0.3) is 11.5 Å². The van der Waals surface area contributed by atoms with Gasteiger partial charge in [-0.2, -0.15) is 0 Å². The molecule has 1 amide bonds. The van der Waals surface area contributed by atoms with E-state index in [1.807, 2.05) is 0 Å². The van der Waals surface area contributed by atoms with Crippen molar-refractivity contribution in [3.8, 4) is 5.75 Å². The number of aromatic nitrogens is 2. The normalized spacial score (nSPS) is 14.8. The lowest BCUT2D eigenvalue weighted by molar-refractivity contribution is -0.0566. The molecular formula is C19H21N3O6. The average molecular weight is 387 g/mol. The Morgan fingerprint density at radius 1 is 1.39 bits per heavy atom. The molecular weight excluding hydrogens is 366 g/mol. The number of hydrogen-bond donors (Lipinski definition) is 2. The summed E-state index contributed by atoms with van der Waals surface area (Å²) in [7, 11) is 1.28. The molecule has 2 aromatic rings. The first-order valence-corrected chi connectivity index (χ1v) is 8.68. The average Bonchev–Trinajstić information content (AvgIpc) is 2.68. The van der Waals surface area contributed by atoms with Gasteiger partial charge in [-0.15, -0.1) is 0 Å². The Hall–Kier alpha value is -3.20. The highest BCUT2D eigenvalue weighted by molar-refractivity contribution is 5.94. The molecule has 1 aromatic heterocycles. The second-order valence-corrected chi connectivity index (χ2v) is 6.82. The number of esters is 1. The fourth-order valence-electron chi connectivity index (χ4n) is 3.02. The summed E-state index contributed by atoms with van der Waals surface area (Å²) in [5, 5.41) is 12.8. The summed E-state index contributed by atoms with van der Waals surface area (Å²) in [6.07, 6.45) is 0. The fraction of sp³-hybridized carbons (Fsp3) is 0.368. The van der Waals surface area contributed by atoms with Crippen molar-refractivity contribution in [1.82, 2.24) is 14.9 Å². The number of carbonyl (C=O) groups is 2. The van der Waals surface area contributed by atoms with E-state index < -0.39 is 28.8 Å². The number of ether oxygens (including phenoxy) is 2. The Morgan fingerprint density at radius 2 is 2.14 bits per heavy atom. The van der Waals surface area contributed by atoms with Crippen molar-refractivity contribution in [2.75, 3.05) is 13.7 Å². The highest BCUT2D eigenvalue weighted by Gasteiger charge is 2.34. The first-order chi connectivity index (χ1) is 13.2. The lowest BCUT2D eigenvalue weighted by Gasteiger charge is -2.32. The van der Waals surface area contributed by atoms with Gasteiger partial charge in [-0.3, -0.25) is 14.2 Å². The van der Waals surface area contributed by atoms with Crippen LogP contribution in [-0.4, -0.2) is 40.3 Å². The maximum atomic E-state index is 12.5. The molecule has 2 N–H and O–H groups in total. The van der Waals surface area contributed by atoms with Gasteiger partial charge in [-0.25, -0.2) is 9.78 Å². The van der Waals surface area contributed by atoms with E-state index in [0.29, 0.717) is 17.7 Å². The number of amides is 1. The zero-order valence-electron chi connectivity index (χ0n) is 15.8. The number of nitrogens with one attached hydrogen (secondary N) is 1. The van der Waals surface area contributed by atoms with Gasteiger partial charge in [0, 0.05) is 6.54 Å². The molecule has 0 spiro atoms. The lowest BCUT2D eigenvalue weighted by atomic mass is 10.1. The van der Waals surface area contributed by atoms with Gasteiger partial charge in [0.05, 0.1) is 25.8 Å². The van der Waals surface area contributed by atoms with Crippen LogP contribution in [0.2, 0.25) is 0 Å². The molecule has 0 radical (unpaired) electrons. The maximum Gasteiger partial charge on any atom is 0.337 e. The first-order valence-electron chi connectivity index (χ1n) is 8.68. The summed E-state index contributed by atoms with van der Waals surface area (Å²) in [6.45, 7) is 4.11. The standard InChI is InChI=1S/C19H21N3O6/c1-19(2)18-21-13(14(23)16(25)22(18)7-8-28-19)15(24)20-10-11-5-4-6-12(9-11)17(26)27-3/h4-6,9,23H,7-8,10H2,1-3H3,(H,20,24). The Kier molecular flexibility index (Phi) is 5.19. The van der Waals surface area contributed by atoms with Gasteiger partial charge in [0.1, 0.15) is 11.4 Å². The molecule has 0 aliphatic carbocycles. The molecule has 9 nitrogen and oxygen atoms in total. The monoisotopic (exact) mass is 387 g/mol. The van der Waals surface area contributed by atoms with Crippen molar-refractivity contribution in [3.05, 3.63) is 57.3 Å². The minimum absolute atomic E-state index is 0.0725. The summed E-state index contributed by atoms with van der Waals surface area (Å²) in [6, 6.07) is 6.56. The van der Waals surface area contributed by atoms with Gasteiger partial charge >= 0.3 is 5.97 Å². The lowest BCUT2D eigenvalue weighted by Crippen LogP contribution is -2.42. The smallest absolute Gasteiger partial charge is 0.337 e. The van der Waals surface area contributed by atoms with Gasteiger partial charge in [-0.05, 0) is 31.5 Å². The number of carbonyl (C=O) groups excluding carboxylic acids is 2. The minimum atomic E-state index is -0.866. The molecule has 1 aliphatic heterocycles. The van der Waals surface area contributed by atoms with E-state index in [1.54, 1.807) is 38.1 Å². The third-order valence-corrected chi connectivity index (χ3v) is 4.48. The van der Waals surface area contributed by atoms with E-state index in [0.717, 1.165) is 0 Å². The summed E-state index contributed by atoms with van der Waals surface area (Å²) in [4.78, 5) is 40.8. The Balaban J connectivity index is 1.85. The van der Waals surface area contributed by atoms with E-state index in [1.165, 1.54) is 11.7 Å². The molecule has 9 heteroatoms. The fourth-order valence-corrected chi connectivity index (χ4v) is 3.02. The van der Waals surface area contributed by atoms with E-state index >= 15 is 0 Å². The quantitative estimate of drug-likeness (QED) is 0.749. The third kappa shape index (κ3) is 3.61. The van der Waals surface area contributed by atoms with Crippen LogP contribution in [0, 0.1) is 0 Å². The van der Waals surface area contributed by atoms with Crippen LogP contribution in [0.25, 0.3) is 0 Å². The summed E-state index contributed by atoms with van der Waals surface area (Å²) < 4.78 is 11.6. The van der Waals surface area contributed by atoms with Crippen LogP contribution >= 0.6 is 0 Å². The molecule has 0 fully saturated rings. The molecule has 0 unspecified atom stereocenters. The Morgan fingerprint density at radius 3 is 2.86 bits per heavy atom. The van der Waals surface area contributed by atoms with Crippen LogP contribution in [0.4, 0.5) is 0 Å². The van der Waals surface area contributed by atoms with Gasteiger partial charge < -0.3 is 19.9 Å². The van der Waals surface area contributed by atoms with Gasteiger partial charge in [0.15, 0.2) is 5.69 Å². The van der Waals surface area contributed by atoms with Gasteiger partial charge in [0.2, 0.25) is 5.75 Å². The molecule has 1 aliphatic rings. The molecule has 28 heavy (non-hydrogen) atoms. The van der Waals surface area contributed by atoms with Crippen LogP contribution in [0.3, 0.4) is 0 Å². The first kappa shape index (κ1) is 19.6. The van der Waals surface area contributed by atoms with Crippen molar-refractivity contribution in [1.29, 1.82) is 0 Å². The van der Waals surface area contributed by atoms with Crippen molar-refractivity contribution in [2.45, 2.75) is 32.5 Å². The number of nitrogens with zero attached hydrogens (tertiary/aromatic N) is 2. The second-order valence-electron chi connectivity index (χ2n) is 6.82. The van der Waals surface area contributed by atoms with Gasteiger partial charge in [-0.1, -0.05) is 12.1 Å². The molecule has 0 bridgehead atoms. The van der Waals surface area contributed by atoms with E-state index in [-0.39, 0.29) is 24.6 Å². The SMILES string of the molecule is COC(=O)c1cccc(CNC(=O)c2nc3n(c(=O)c2O)CCOC3(C)C)c1. The largest absolute Gasteiger partial charge is 0.501 e. The number of fused-ring (bicyclic) bond motifs is 1. The van der Waals surface area contributed by atoms with Crippen molar-refractivity contribution < 1.29 is 24.2 Å². The third-order valence-electron chi connectivity index (χ3n) is 4.48. The Labute approximate surface area is 160 Å². The van der Waals surface area contributed by atoms with E-state index in [2.05, 4.69) is 15.0 Å². The van der Waals surface area contributed by atoms with Crippen molar-refractivity contribution in [3.63, 3.8) is 0 Å². The summed E-state index contributed by atoms with van der Waals surface area (Å²) in [5.74, 6) is -1.62. The number of benzene rings is 1. The minimum Gasteiger partial charge on any atom is -0.501 e. The maximum absolute atomic E-state index is 12.5. The predicted molar refractivity (Wildman–Crippen MR) is 98.1 cm³/mol. The number of hydrogen-bond acceptors (Lipinski definition) is 7. The topological polar surface area (TPSA) is 120 Å². The highest BCUT2D eigenvalue weighted by atomic mass is 16.5. The predicted octanol–water partition coefficient (Wildman–Crippen LogP) is 0.931. The Bertz CT molecular complexity index is 996. The summed E-state index contributed by atoms with van der Waals surface area (Å²) in [5.41, 5.74) is -0.914. The molecule has 0 saturated heterocycles. The number of rotatable bonds is 4. The van der Waals surface area contributed by atoms with Crippen molar-refractivity contribution >= 4 is 11.9 Å². The molecule has 0 saturated carbocycles. The van der Waals surface area contributed by atoms with Crippen LogP contribution < -0.4 is 10.9 Å². The molecule has 3 rings (SSSR count). The highest BCUT2D eigenvalue weighted by Crippen LogP contribution is 2.27. The number of aromatic hydroxyl groups is 1. The van der Waals surface area contributed by atoms with Crippen molar-refractivity contribution in [2.24, 2.45) is 0 Å². The van der Waals surface area contributed by atoms with Crippen LogP contribution in [-0.2, 0) is 28.2 Å². The second kappa shape index (κ2) is 7.43. The molecule has 148 valence electrons. The molecule has 1 aromatic carbocycles. The summed E-state index contributed by atoms with van der Waals surface area (Å²) >= 11 is 0. The zero-order valence-corrected chi connectivity index (χ0v) is 15.8. The van der Waals surface area contributed by atoms with E-state index in [9.17, 15) is 19.5 Å². The zero-order chi connectivity index (χ0) is 20.5. The van der Waals surface area contributed by atoms with Crippen LogP contribution in [0.5, 0.6) is 5.75 Å².